The molecule has 0 atom stereocenters. The zero-order valence-electron chi connectivity index (χ0n) is 17.6. The highest BCUT2D eigenvalue weighted by Crippen LogP contribution is 2.37. The minimum Gasteiger partial charge on any atom is -0.488 e. The number of ether oxygens (including phenoxy) is 1. The van der Waals surface area contributed by atoms with E-state index in [-0.39, 0.29) is 5.91 Å². The summed E-state index contributed by atoms with van der Waals surface area (Å²) in [4.78, 5) is 17.3. The van der Waals surface area contributed by atoms with E-state index < -0.39 is 0 Å². The van der Waals surface area contributed by atoms with Crippen LogP contribution in [0.25, 0.3) is 6.08 Å². The van der Waals surface area contributed by atoms with Crippen LogP contribution in [0.5, 0.6) is 5.75 Å². The number of amides is 1. The summed E-state index contributed by atoms with van der Waals surface area (Å²) in [6.45, 7) is 0.337. The minimum atomic E-state index is -0.140. The van der Waals surface area contributed by atoms with E-state index in [2.05, 4.69) is 0 Å². The van der Waals surface area contributed by atoms with Crippen molar-refractivity contribution in [3.63, 3.8) is 0 Å². The predicted molar refractivity (Wildman–Crippen MR) is 139 cm³/mol. The lowest BCUT2D eigenvalue weighted by Gasteiger charge is -2.17. The second-order valence-electron chi connectivity index (χ2n) is 7.35. The van der Waals surface area contributed by atoms with E-state index in [1.54, 1.807) is 4.90 Å². The van der Waals surface area contributed by atoms with Crippen LogP contribution >= 0.6 is 35.6 Å². The van der Waals surface area contributed by atoms with Gasteiger partial charge >= 0.3 is 0 Å². The van der Waals surface area contributed by atoms with Crippen LogP contribution in [0.15, 0.2) is 77.7 Å². The highest BCUT2D eigenvalue weighted by molar-refractivity contribution is 8.27. The predicted octanol–water partition coefficient (Wildman–Crippen LogP) is 6.39. The van der Waals surface area contributed by atoms with E-state index in [4.69, 9.17) is 28.6 Å². The molecule has 3 aromatic carbocycles. The van der Waals surface area contributed by atoms with Gasteiger partial charge in [0, 0.05) is 35.9 Å². The molecule has 0 aliphatic carbocycles. The van der Waals surface area contributed by atoms with Gasteiger partial charge in [0.05, 0.1) is 10.6 Å². The van der Waals surface area contributed by atoms with E-state index in [0.717, 1.165) is 22.5 Å². The molecule has 0 radical (unpaired) electrons. The fourth-order valence-electron chi connectivity index (χ4n) is 3.23. The Labute approximate surface area is 202 Å². The molecule has 0 N–H and O–H groups in total. The summed E-state index contributed by atoms with van der Waals surface area (Å²) in [7, 11) is 3.95. The average Bonchev–Trinajstić information content (AvgIpc) is 3.07. The van der Waals surface area contributed by atoms with Crippen molar-refractivity contribution in [3.8, 4) is 5.75 Å². The Kier molecular flexibility index (Phi) is 6.84. The van der Waals surface area contributed by atoms with Gasteiger partial charge in [-0.05, 0) is 42.5 Å². The monoisotopic (exact) mass is 480 g/mol. The van der Waals surface area contributed by atoms with Crippen molar-refractivity contribution >= 4 is 63.3 Å². The van der Waals surface area contributed by atoms with Crippen LogP contribution in [0, 0.1) is 0 Å². The number of thioether (sulfide) groups is 1. The molecule has 0 bridgehead atoms. The maximum Gasteiger partial charge on any atom is 0.270 e. The van der Waals surface area contributed by atoms with Crippen molar-refractivity contribution in [3.05, 3.63) is 93.9 Å². The number of carbonyl (C=O) groups is 1. The fraction of sp³-hybridized carbons (Fsp3) is 0.120. The van der Waals surface area contributed by atoms with E-state index in [0.29, 0.717) is 26.6 Å². The molecule has 1 heterocycles. The normalized spacial score (nSPS) is 14.8. The molecule has 1 aliphatic rings. The molecule has 0 aromatic heterocycles. The molecule has 162 valence electrons. The lowest BCUT2D eigenvalue weighted by atomic mass is 10.1. The number of anilines is 2. The lowest BCUT2D eigenvalue weighted by Crippen LogP contribution is -2.27. The van der Waals surface area contributed by atoms with E-state index in [1.165, 1.54) is 11.8 Å². The number of halogens is 1. The van der Waals surface area contributed by atoms with Crippen molar-refractivity contribution in [1.29, 1.82) is 0 Å². The molecule has 0 unspecified atom stereocenters. The Balaban J connectivity index is 1.56. The average molecular weight is 481 g/mol. The van der Waals surface area contributed by atoms with Crippen molar-refractivity contribution in [2.45, 2.75) is 6.61 Å². The Morgan fingerprint density at radius 3 is 2.44 bits per heavy atom. The van der Waals surface area contributed by atoms with Crippen LogP contribution < -0.4 is 14.5 Å². The molecule has 0 saturated carbocycles. The SMILES string of the molecule is CN(C)c1ccc(N2C(=O)/C(=C\c3ccccc3OCc3ccccc3Cl)SC2=S)cc1. The molecule has 4 nitrogen and oxygen atoms in total. The summed E-state index contributed by atoms with van der Waals surface area (Å²) in [6.07, 6.45) is 1.83. The van der Waals surface area contributed by atoms with Crippen LogP contribution in [-0.4, -0.2) is 24.3 Å². The first kappa shape index (κ1) is 22.4. The van der Waals surface area contributed by atoms with E-state index >= 15 is 0 Å². The third-order valence-electron chi connectivity index (χ3n) is 4.96. The number of nitrogens with zero attached hydrogens (tertiary/aromatic N) is 2. The first-order valence-electron chi connectivity index (χ1n) is 9.94. The Morgan fingerprint density at radius 1 is 1.03 bits per heavy atom. The summed E-state index contributed by atoms with van der Waals surface area (Å²) in [5.74, 6) is 0.534. The molecule has 1 fully saturated rings. The second-order valence-corrected chi connectivity index (χ2v) is 9.43. The van der Waals surface area contributed by atoms with E-state index in [1.807, 2.05) is 97.9 Å². The summed E-state index contributed by atoms with van der Waals surface area (Å²) < 4.78 is 6.53. The van der Waals surface area contributed by atoms with E-state index in [9.17, 15) is 4.79 Å². The molecule has 0 spiro atoms. The van der Waals surface area contributed by atoms with Gasteiger partial charge in [-0.2, -0.15) is 0 Å². The smallest absolute Gasteiger partial charge is 0.270 e. The zero-order chi connectivity index (χ0) is 22.7. The summed E-state index contributed by atoms with van der Waals surface area (Å²) in [5, 5.41) is 0.658. The van der Waals surface area contributed by atoms with Crippen LogP contribution in [0.2, 0.25) is 5.02 Å². The molecule has 1 aliphatic heterocycles. The summed E-state index contributed by atoms with van der Waals surface area (Å²) >= 11 is 13.0. The molecular formula is C25H21ClN2O2S2. The molecule has 3 aromatic rings. The van der Waals surface area contributed by atoms with Gasteiger partial charge in [0.2, 0.25) is 0 Å². The van der Waals surface area contributed by atoms with Gasteiger partial charge in [-0.25, -0.2) is 0 Å². The molecule has 1 amide bonds. The van der Waals surface area contributed by atoms with Crippen molar-refractivity contribution in [2.75, 3.05) is 23.9 Å². The van der Waals surface area contributed by atoms with Crippen molar-refractivity contribution in [1.82, 2.24) is 0 Å². The summed E-state index contributed by atoms with van der Waals surface area (Å²) in [5.41, 5.74) is 3.52. The Hall–Kier alpha value is -2.80. The topological polar surface area (TPSA) is 32.8 Å². The number of thiocarbonyl (C=S) groups is 1. The molecular weight excluding hydrogens is 460 g/mol. The summed E-state index contributed by atoms with van der Waals surface area (Å²) in [6, 6.07) is 22.9. The molecule has 7 heteroatoms. The second kappa shape index (κ2) is 9.77. The lowest BCUT2D eigenvalue weighted by molar-refractivity contribution is -0.113. The quantitative estimate of drug-likeness (QED) is 0.301. The Morgan fingerprint density at radius 2 is 1.72 bits per heavy atom. The number of carbonyl (C=O) groups excluding carboxylic acids is 1. The van der Waals surface area contributed by atoms with Crippen molar-refractivity contribution < 1.29 is 9.53 Å². The maximum atomic E-state index is 13.2. The Bertz CT molecular complexity index is 1190. The number of benzene rings is 3. The van der Waals surface area contributed by atoms with Gasteiger partial charge in [0.15, 0.2) is 4.32 Å². The minimum absolute atomic E-state index is 0.140. The van der Waals surface area contributed by atoms with Crippen LogP contribution in [0.3, 0.4) is 0 Å². The highest BCUT2D eigenvalue weighted by Gasteiger charge is 2.33. The van der Waals surface area contributed by atoms with Gasteiger partial charge in [0.1, 0.15) is 12.4 Å². The maximum absolute atomic E-state index is 13.2. The third-order valence-corrected chi connectivity index (χ3v) is 6.64. The number of hydrogen-bond donors (Lipinski definition) is 0. The molecule has 1 saturated heterocycles. The first-order valence-corrected chi connectivity index (χ1v) is 11.5. The highest BCUT2D eigenvalue weighted by atomic mass is 35.5. The van der Waals surface area contributed by atoms with Gasteiger partial charge in [-0.3, -0.25) is 9.69 Å². The van der Waals surface area contributed by atoms with Gasteiger partial charge in [0.25, 0.3) is 5.91 Å². The largest absolute Gasteiger partial charge is 0.488 e. The van der Waals surface area contributed by atoms with Crippen LogP contribution in [-0.2, 0) is 11.4 Å². The van der Waals surface area contributed by atoms with Crippen LogP contribution in [0.4, 0.5) is 11.4 Å². The number of para-hydroxylation sites is 1. The fourth-order valence-corrected chi connectivity index (χ4v) is 4.71. The zero-order valence-corrected chi connectivity index (χ0v) is 20.0. The van der Waals surface area contributed by atoms with Gasteiger partial charge in [-0.15, -0.1) is 0 Å². The standard InChI is InChI=1S/C25H21ClN2O2S2/c1-27(2)19-11-13-20(14-12-19)28-24(29)23(32-25(28)31)15-17-7-4-6-10-22(17)30-16-18-8-3-5-9-21(18)26/h3-15H,16H2,1-2H3/b23-15+. The van der Waals surface area contributed by atoms with Crippen LogP contribution in [0.1, 0.15) is 11.1 Å². The third kappa shape index (κ3) is 4.83. The first-order chi connectivity index (χ1) is 15.4. The van der Waals surface area contributed by atoms with Crippen molar-refractivity contribution in [2.24, 2.45) is 0 Å². The molecule has 4 rings (SSSR count). The van der Waals surface area contributed by atoms with Gasteiger partial charge < -0.3 is 9.64 Å². The number of rotatable bonds is 6. The molecule has 32 heavy (non-hydrogen) atoms. The van der Waals surface area contributed by atoms with Gasteiger partial charge in [-0.1, -0.05) is 72.0 Å². The number of hydrogen-bond acceptors (Lipinski definition) is 5.